The topological polar surface area (TPSA) is 54.9 Å². The monoisotopic (exact) mass is 275 g/mol. The number of fused-ring (bicyclic) bond motifs is 1. The average molecular weight is 275 g/mol. The Balaban J connectivity index is 2.19. The highest BCUT2D eigenvalue weighted by atomic mass is 32.2. The van der Waals surface area contributed by atoms with Gasteiger partial charge in [0.05, 0.1) is 10.8 Å². The van der Waals surface area contributed by atoms with Crippen molar-refractivity contribution < 1.29 is 4.79 Å². The van der Waals surface area contributed by atoms with Crippen LogP contribution < -0.4 is 5.32 Å². The van der Waals surface area contributed by atoms with E-state index in [0.717, 1.165) is 15.9 Å². The van der Waals surface area contributed by atoms with E-state index in [4.69, 9.17) is 0 Å². The summed E-state index contributed by atoms with van der Waals surface area (Å²) in [5, 5.41) is 4.56. The molecule has 0 unspecified atom stereocenters. The van der Waals surface area contributed by atoms with Gasteiger partial charge >= 0.3 is 0 Å². The van der Waals surface area contributed by atoms with E-state index in [0.29, 0.717) is 0 Å². The van der Waals surface area contributed by atoms with E-state index in [-0.39, 0.29) is 17.2 Å². The van der Waals surface area contributed by atoms with Gasteiger partial charge in [-0.25, -0.2) is 9.97 Å². The fraction of sp³-hybridized carbons (Fsp3) is 0.357. The van der Waals surface area contributed by atoms with Crippen molar-refractivity contribution in [2.75, 3.05) is 0 Å². The molecule has 1 atom stereocenters. The summed E-state index contributed by atoms with van der Waals surface area (Å²) >= 11 is 1.46. The molecular weight excluding hydrogens is 258 g/mol. The van der Waals surface area contributed by atoms with Crippen LogP contribution in [0.15, 0.2) is 35.6 Å². The van der Waals surface area contributed by atoms with E-state index in [1.807, 2.05) is 45.0 Å². The number of rotatable bonds is 4. The number of para-hydroxylation sites is 1. The van der Waals surface area contributed by atoms with E-state index in [1.165, 1.54) is 18.1 Å². The van der Waals surface area contributed by atoms with Crippen LogP contribution in [0.3, 0.4) is 0 Å². The van der Waals surface area contributed by atoms with Crippen LogP contribution in [0.4, 0.5) is 0 Å². The fourth-order valence-corrected chi connectivity index (χ4v) is 2.61. The second kappa shape index (κ2) is 6.02. The molecule has 19 heavy (non-hydrogen) atoms. The number of carbonyl (C=O) groups excluding carboxylic acids is 1. The van der Waals surface area contributed by atoms with Gasteiger partial charge in [0, 0.05) is 11.4 Å². The Kier molecular flexibility index (Phi) is 4.37. The molecule has 1 N–H and O–H groups in total. The molecule has 2 rings (SSSR count). The summed E-state index contributed by atoms with van der Waals surface area (Å²) in [6, 6.07) is 7.97. The quantitative estimate of drug-likeness (QED) is 0.688. The lowest BCUT2D eigenvalue weighted by Crippen LogP contribution is -2.35. The molecule has 1 amide bonds. The summed E-state index contributed by atoms with van der Waals surface area (Å²) in [6.07, 6.45) is 1.54. The first-order valence-corrected chi connectivity index (χ1v) is 7.12. The maximum Gasteiger partial charge on any atom is 0.233 e. The predicted octanol–water partition coefficient (Wildman–Crippen LogP) is 2.64. The molecule has 0 saturated carbocycles. The smallest absolute Gasteiger partial charge is 0.233 e. The first-order valence-electron chi connectivity index (χ1n) is 6.24. The molecular formula is C14H17N3OS. The molecule has 0 aliphatic heterocycles. The zero-order valence-corrected chi connectivity index (χ0v) is 12.1. The van der Waals surface area contributed by atoms with E-state index in [1.54, 1.807) is 0 Å². The predicted molar refractivity (Wildman–Crippen MR) is 78.1 cm³/mol. The van der Waals surface area contributed by atoms with Crippen LogP contribution >= 0.6 is 11.8 Å². The highest BCUT2D eigenvalue weighted by Crippen LogP contribution is 2.27. The lowest BCUT2D eigenvalue weighted by atomic mass is 10.2. The maximum absolute atomic E-state index is 11.9. The molecule has 0 saturated heterocycles. The Labute approximate surface area is 117 Å². The molecule has 1 aromatic carbocycles. The summed E-state index contributed by atoms with van der Waals surface area (Å²) in [4.78, 5) is 20.4. The summed E-state index contributed by atoms with van der Waals surface area (Å²) in [6.45, 7) is 5.80. The lowest BCUT2D eigenvalue weighted by molar-refractivity contribution is -0.120. The van der Waals surface area contributed by atoms with Gasteiger partial charge in [-0.05, 0) is 26.8 Å². The van der Waals surface area contributed by atoms with E-state index in [2.05, 4.69) is 15.3 Å². The molecule has 5 heteroatoms. The van der Waals surface area contributed by atoms with Gasteiger partial charge in [-0.1, -0.05) is 30.0 Å². The van der Waals surface area contributed by atoms with Crippen molar-refractivity contribution in [2.24, 2.45) is 0 Å². The highest BCUT2D eigenvalue weighted by molar-refractivity contribution is 8.00. The third-order valence-corrected chi connectivity index (χ3v) is 3.71. The molecule has 0 bridgehead atoms. The normalized spacial score (nSPS) is 12.6. The maximum atomic E-state index is 11.9. The Hall–Kier alpha value is -1.62. The Morgan fingerprint density at radius 1 is 1.21 bits per heavy atom. The minimum Gasteiger partial charge on any atom is -0.353 e. The molecule has 0 fully saturated rings. The molecule has 0 aliphatic carbocycles. The largest absolute Gasteiger partial charge is 0.353 e. The van der Waals surface area contributed by atoms with Crippen LogP contribution in [0.2, 0.25) is 0 Å². The molecule has 4 nitrogen and oxygen atoms in total. The van der Waals surface area contributed by atoms with Crippen molar-refractivity contribution in [3.63, 3.8) is 0 Å². The van der Waals surface area contributed by atoms with Crippen LogP contribution in [0.5, 0.6) is 0 Å². The van der Waals surface area contributed by atoms with Gasteiger partial charge in [0.15, 0.2) is 0 Å². The minimum atomic E-state index is -0.180. The second-order valence-corrected chi connectivity index (χ2v) is 5.95. The average Bonchev–Trinajstić information content (AvgIpc) is 2.38. The van der Waals surface area contributed by atoms with Gasteiger partial charge in [-0.15, -0.1) is 0 Å². The van der Waals surface area contributed by atoms with Crippen molar-refractivity contribution in [2.45, 2.75) is 37.1 Å². The summed E-state index contributed by atoms with van der Waals surface area (Å²) in [7, 11) is 0. The summed E-state index contributed by atoms with van der Waals surface area (Å²) < 4.78 is 0. The number of amides is 1. The third kappa shape index (κ3) is 3.44. The summed E-state index contributed by atoms with van der Waals surface area (Å²) in [5.74, 6) is 0.0303. The zero-order chi connectivity index (χ0) is 13.8. The van der Waals surface area contributed by atoms with Crippen LogP contribution in [-0.2, 0) is 4.79 Å². The van der Waals surface area contributed by atoms with Crippen LogP contribution in [-0.4, -0.2) is 27.2 Å². The Bertz CT molecular complexity index is 580. The fourth-order valence-electron chi connectivity index (χ4n) is 1.70. The standard InChI is InChI=1S/C14H17N3OS/c1-9(2)17-13(18)10(3)19-14-11-6-4-5-7-12(11)15-8-16-14/h4-10H,1-3H3,(H,17,18)/t10-/m0/s1. The Morgan fingerprint density at radius 2 is 1.95 bits per heavy atom. The number of thioether (sulfide) groups is 1. The molecule has 0 aliphatic rings. The van der Waals surface area contributed by atoms with Gasteiger partial charge in [-0.3, -0.25) is 4.79 Å². The zero-order valence-electron chi connectivity index (χ0n) is 11.3. The molecule has 100 valence electrons. The van der Waals surface area contributed by atoms with Crippen molar-refractivity contribution in [3.8, 4) is 0 Å². The van der Waals surface area contributed by atoms with Gasteiger partial charge in [0.25, 0.3) is 0 Å². The molecule has 2 aromatic rings. The van der Waals surface area contributed by atoms with Crippen LogP contribution in [0.25, 0.3) is 10.9 Å². The van der Waals surface area contributed by atoms with E-state index in [9.17, 15) is 4.79 Å². The SMILES string of the molecule is CC(C)NC(=O)[C@H](C)Sc1ncnc2ccccc12. The van der Waals surface area contributed by atoms with Crippen molar-refractivity contribution in [3.05, 3.63) is 30.6 Å². The van der Waals surface area contributed by atoms with Crippen LogP contribution in [0, 0.1) is 0 Å². The second-order valence-electron chi connectivity index (χ2n) is 4.62. The Morgan fingerprint density at radius 3 is 2.68 bits per heavy atom. The first-order chi connectivity index (χ1) is 9.08. The number of benzene rings is 1. The lowest BCUT2D eigenvalue weighted by Gasteiger charge is -2.14. The summed E-state index contributed by atoms with van der Waals surface area (Å²) in [5.41, 5.74) is 0.900. The highest BCUT2D eigenvalue weighted by Gasteiger charge is 2.17. The van der Waals surface area contributed by atoms with Gasteiger partial charge in [-0.2, -0.15) is 0 Å². The van der Waals surface area contributed by atoms with Gasteiger partial charge in [0.2, 0.25) is 5.91 Å². The number of carbonyl (C=O) groups is 1. The minimum absolute atomic E-state index is 0.0303. The molecule has 1 heterocycles. The number of nitrogens with one attached hydrogen (secondary N) is 1. The van der Waals surface area contributed by atoms with Crippen molar-refractivity contribution >= 4 is 28.6 Å². The number of nitrogens with zero attached hydrogens (tertiary/aromatic N) is 2. The molecule has 0 spiro atoms. The third-order valence-electron chi connectivity index (χ3n) is 2.59. The van der Waals surface area contributed by atoms with E-state index < -0.39 is 0 Å². The number of aromatic nitrogens is 2. The number of hydrogen-bond donors (Lipinski definition) is 1. The van der Waals surface area contributed by atoms with Crippen molar-refractivity contribution in [1.29, 1.82) is 0 Å². The van der Waals surface area contributed by atoms with Crippen molar-refractivity contribution in [1.82, 2.24) is 15.3 Å². The van der Waals surface area contributed by atoms with E-state index >= 15 is 0 Å². The first kappa shape index (κ1) is 13.8. The molecule has 0 radical (unpaired) electrons. The van der Waals surface area contributed by atoms with Crippen LogP contribution in [0.1, 0.15) is 20.8 Å². The number of hydrogen-bond acceptors (Lipinski definition) is 4. The molecule has 1 aromatic heterocycles. The van der Waals surface area contributed by atoms with Gasteiger partial charge < -0.3 is 5.32 Å². The van der Waals surface area contributed by atoms with Gasteiger partial charge in [0.1, 0.15) is 11.4 Å².